The van der Waals surface area contributed by atoms with Crippen LogP contribution in [0.4, 0.5) is 0 Å². The van der Waals surface area contributed by atoms with E-state index in [-0.39, 0.29) is 5.54 Å². The molecule has 0 atom stereocenters. The molecule has 0 aliphatic rings. The maximum Gasteiger partial charge on any atom is 0.132 e. The Kier molecular flexibility index (Phi) is 4.05. The molecule has 2 nitrogen and oxygen atoms in total. The summed E-state index contributed by atoms with van der Waals surface area (Å²) >= 11 is 1.69. The lowest BCUT2D eigenvalue weighted by Crippen LogP contribution is -2.34. The van der Waals surface area contributed by atoms with E-state index in [2.05, 4.69) is 18.2 Å². The van der Waals surface area contributed by atoms with Crippen molar-refractivity contribution in [1.29, 1.82) is 0 Å². The molecule has 0 bridgehead atoms. The average molecular weight is 225 g/mol. The van der Waals surface area contributed by atoms with Crippen molar-refractivity contribution in [2.45, 2.75) is 30.7 Å². The summed E-state index contributed by atoms with van der Waals surface area (Å²) in [7, 11) is 1.70. The van der Waals surface area contributed by atoms with Gasteiger partial charge >= 0.3 is 0 Å². The molecule has 0 saturated carbocycles. The molecule has 0 unspecified atom stereocenters. The molecule has 2 N–H and O–H groups in total. The highest BCUT2D eigenvalue weighted by Crippen LogP contribution is 2.29. The van der Waals surface area contributed by atoms with E-state index in [9.17, 15) is 0 Å². The van der Waals surface area contributed by atoms with Gasteiger partial charge in [-0.25, -0.2) is 0 Å². The Labute approximate surface area is 96.2 Å². The predicted octanol–water partition coefficient (Wildman–Crippen LogP) is 2.70. The van der Waals surface area contributed by atoms with Gasteiger partial charge in [-0.2, -0.15) is 0 Å². The van der Waals surface area contributed by atoms with Crippen LogP contribution in [0.25, 0.3) is 0 Å². The van der Waals surface area contributed by atoms with Crippen LogP contribution in [0.3, 0.4) is 0 Å². The zero-order chi connectivity index (χ0) is 11.5. The number of methoxy groups -OCH3 is 1. The van der Waals surface area contributed by atoms with E-state index < -0.39 is 0 Å². The highest BCUT2D eigenvalue weighted by molar-refractivity contribution is 7.98. The number of rotatable bonds is 4. The molecule has 0 aromatic heterocycles. The maximum absolute atomic E-state index is 5.98. The summed E-state index contributed by atoms with van der Waals surface area (Å²) < 4.78 is 5.33. The lowest BCUT2D eigenvalue weighted by Gasteiger charge is -2.19. The topological polar surface area (TPSA) is 35.2 Å². The van der Waals surface area contributed by atoms with E-state index >= 15 is 0 Å². The normalized spacial score (nSPS) is 11.5. The molecule has 0 saturated heterocycles. The summed E-state index contributed by atoms with van der Waals surface area (Å²) in [6.45, 7) is 4.06. The quantitative estimate of drug-likeness (QED) is 0.800. The molecule has 0 aliphatic carbocycles. The zero-order valence-electron chi connectivity index (χ0n) is 9.83. The molecule has 0 spiro atoms. The van der Waals surface area contributed by atoms with Crippen LogP contribution in [0, 0.1) is 0 Å². The second-order valence-electron chi connectivity index (χ2n) is 4.35. The molecule has 1 aromatic carbocycles. The average Bonchev–Trinajstić information content (AvgIpc) is 2.15. The third-order valence-electron chi connectivity index (χ3n) is 2.11. The summed E-state index contributed by atoms with van der Waals surface area (Å²) in [5.74, 6) is 0.934. The monoisotopic (exact) mass is 225 g/mol. The van der Waals surface area contributed by atoms with Crippen LogP contribution < -0.4 is 10.5 Å². The van der Waals surface area contributed by atoms with Crippen LogP contribution in [-0.2, 0) is 6.42 Å². The van der Waals surface area contributed by atoms with E-state index in [1.165, 1.54) is 5.56 Å². The van der Waals surface area contributed by atoms with Gasteiger partial charge in [0, 0.05) is 10.4 Å². The van der Waals surface area contributed by atoms with Gasteiger partial charge in [0.15, 0.2) is 0 Å². The first-order chi connectivity index (χ1) is 6.96. The molecule has 1 aromatic rings. The second kappa shape index (κ2) is 4.90. The smallest absolute Gasteiger partial charge is 0.132 e. The van der Waals surface area contributed by atoms with Crippen LogP contribution in [0.2, 0.25) is 0 Å². The summed E-state index contributed by atoms with van der Waals surface area (Å²) in [5, 5.41) is 0. The summed E-state index contributed by atoms with van der Waals surface area (Å²) in [6.07, 6.45) is 2.91. The fourth-order valence-corrected chi connectivity index (χ4v) is 2.06. The van der Waals surface area contributed by atoms with Crippen LogP contribution in [0.1, 0.15) is 19.4 Å². The first-order valence-corrected chi connectivity index (χ1v) is 6.18. The van der Waals surface area contributed by atoms with Gasteiger partial charge in [0.25, 0.3) is 0 Å². The first-order valence-electron chi connectivity index (χ1n) is 4.96. The van der Waals surface area contributed by atoms with Gasteiger partial charge in [-0.3, -0.25) is 0 Å². The molecule has 0 aliphatic heterocycles. The fraction of sp³-hybridized carbons (Fsp3) is 0.500. The van der Waals surface area contributed by atoms with Crippen LogP contribution in [0.15, 0.2) is 23.1 Å². The van der Waals surface area contributed by atoms with Gasteiger partial charge in [0.1, 0.15) is 5.75 Å². The van der Waals surface area contributed by atoms with Gasteiger partial charge in [0.05, 0.1) is 7.11 Å². The zero-order valence-corrected chi connectivity index (χ0v) is 10.6. The Bertz CT molecular complexity index is 331. The minimum absolute atomic E-state index is 0.175. The first kappa shape index (κ1) is 12.4. The number of ether oxygens (including phenoxy) is 1. The predicted molar refractivity (Wildman–Crippen MR) is 66.7 cm³/mol. The van der Waals surface area contributed by atoms with Crippen molar-refractivity contribution >= 4 is 11.8 Å². The maximum atomic E-state index is 5.98. The number of hydrogen-bond donors (Lipinski definition) is 1. The molecule has 0 heterocycles. The molecule has 15 heavy (non-hydrogen) atoms. The van der Waals surface area contributed by atoms with E-state index in [1.807, 2.05) is 20.1 Å². The molecular weight excluding hydrogens is 206 g/mol. The van der Waals surface area contributed by atoms with E-state index in [0.717, 1.165) is 17.1 Å². The Morgan fingerprint density at radius 2 is 2.07 bits per heavy atom. The largest absolute Gasteiger partial charge is 0.496 e. The Balaban J connectivity index is 2.93. The Hall–Kier alpha value is -0.670. The Morgan fingerprint density at radius 3 is 2.53 bits per heavy atom. The molecule has 1 rings (SSSR count). The van der Waals surface area contributed by atoms with E-state index in [1.54, 1.807) is 18.9 Å². The second-order valence-corrected chi connectivity index (χ2v) is 5.20. The van der Waals surface area contributed by atoms with Crippen molar-refractivity contribution < 1.29 is 4.74 Å². The summed E-state index contributed by atoms with van der Waals surface area (Å²) in [5.41, 5.74) is 7.03. The minimum Gasteiger partial charge on any atom is -0.496 e. The van der Waals surface area contributed by atoms with Crippen molar-refractivity contribution in [1.82, 2.24) is 0 Å². The highest BCUT2D eigenvalue weighted by Gasteiger charge is 2.13. The highest BCUT2D eigenvalue weighted by atomic mass is 32.2. The van der Waals surface area contributed by atoms with Crippen molar-refractivity contribution in [3.8, 4) is 5.75 Å². The van der Waals surface area contributed by atoms with Crippen LogP contribution >= 0.6 is 11.8 Å². The molecular formula is C12H19NOS. The van der Waals surface area contributed by atoms with Crippen molar-refractivity contribution in [2.75, 3.05) is 13.4 Å². The fourth-order valence-electron chi connectivity index (χ4n) is 1.52. The Morgan fingerprint density at radius 1 is 1.40 bits per heavy atom. The lowest BCUT2D eigenvalue weighted by atomic mass is 9.96. The molecule has 84 valence electrons. The molecule has 0 radical (unpaired) electrons. The van der Waals surface area contributed by atoms with E-state index in [0.29, 0.717) is 0 Å². The molecule has 0 fully saturated rings. The molecule has 3 heteroatoms. The van der Waals surface area contributed by atoms with Gasteiger partial charge in [-0.1, -0.05) is 6.07 Å². The van der Waals surface area contributed by atoms with Crippen molar-refractivity contribution in [3.63, 3.8) is 0 Å². The van der Waals surface area contributed by atoms with Crippen molar-refractivity contribution in [3.05, 3.63) is 23.8 Å². The van der Waals surface area contributed by atoms with Crippen LogP contribution in [-0.4, -0.2) is 18.9 Å². The standard InChI is InChI=1S/C12H19NOS/c1-12(2,13)8-9-5-6-11(15-4)10(7-9)14-3/h5-7H,8,13H2,1-4H3. The van der Waals surface area contributed by atoms with Gasteiger partial charge in [-0.05, 0) is 44.2 Å². The van der Waals surface area contributed by atoms with Gasteiger partial charge < -0.3 is 10.5 Å². The van der Waals surface area contributed by atoms with Gasteiger partial charge in [-0.15, -0.1) is 11.8 Å². The number of benzene rings is 1. The lowest BCUT2D eigenvalue weighted by molar-refractivity contribution is 0.403. The molecule has 0 amide bonds. The third kappa shape index (κ3) is 3.76. The number of thioether (sulfide) groups is 1. The summed E-state index contributed by atoms with van der Waals surface area (Å²) in [4.78, 5) is 1.16. The van der Waals surface area contributed by atoms with Crippen LogP contribution in [0.5, 0.6) is 5.75 Å². The SMILES string of the molecule is COc1cc(CC(C)(C)N)ccc1SC. The van der Waals surface area contributed by atoms with Gasteiger partial charge in [0.2, 0.25) is 0 Å². The number of hydrogen-bond acceptors (Lipinski definition) is 3. The summed E-state index contributed by atoms with van der Waals surface area (Å²) in [6, 6.07) is 6.27. The third-order valence-corrected chi connectivity index (χ3v) is 2.88. The minimum atomic E-state index is -0.175. The van der Waals surface area contributed by atoms with E-state index in [4.69, 9.17) is 10.5 Å². The van der Waals surface area contributed by atoms with Crippen molar-refractivity contribution in [2.24, 2.45) is 5.73 Å². The number of nitrogens with two attached hydrogens (primary N) is 1.